The third kappa shape index (κ3) is 3.92. The number of benzene rings is 2. The van der Waals surface area contributed by atoms with Crippen molar-refractivity contribution in [3.63, 3.8) is 0 Å². The maximum Gasteiger partial charge on any atom is 0.332 e. The number of imidazole rings is 1. The Morgan fingerprint density at radius 2 is 1.92 bits per heavy atom. The molecule has 2 aliphatic heterocycles. The lowest BCUT2D eigenvalue weighted by Gasteiger charge is -2.31. The molecule has 38 heavy (non-hydrogen) atoms. The van der Waals surface area contributed by atoms with Crippen LogP contribution in [-0.2, 0) is 20.1 Å². The van der Waals surface area contributed by atoms with Gasteiger partial charge in [-0.25, -0.2) is 9.79 Å². The number of para-hydroxylation sites is 2. The Morgan fingerprint density at radius 3 is 2.71 bits per heavy atom. The van der Waals surface area contributed by atoms with Crippen LogP contribution in [0, 0.1) is 6.92 Å². The number of aromatic nitrogens is 4. The number of aliphatic imine (C=N–C) groups is 1. The molecule has 0 aliphatic carbocycles. The first-order valence-corrected chi connectivity index (χ1v) is 13.0. The average molecular weight is 514 g/mol. The van der Waals surface area contributed by atoms with E-state index in [1.807, 2.05) is 60.9 Å². The second-order valence-electron chi connectivity index (χ2n) is 10.0. The number of anilines is 1. The van der Waals surface area contributed by atoms with Crippen molar-refractivity contribution in [2.75, 3.05) is 18.0 Å². The lowest BCUT2D eigenvalue weighted by molar-refractivity contribution is 0.484. The average Bonchev–Trinajstić information content (AvgIpc) is 3.24. The van der Waals surface area contributed by atoms with E-state index in [0.29, 0.717) is 53.1 Å². The van der Waals surface area contributed by atoms with E-state index in [1.165, 1.54) is 9.13 Å². The minimum Gasteiger partial charge on any atom is -0.454 e. The minimum absolute atomic E-state index is 0.00555. The molecule has 0 radical (unpaired) electrons. The van der Waals surface area contributed by atoms with Gasteiger partial charge in [0, 0.05) is 38.3 Å². The molecular formula is C28H31N7O3. The van der Waals surface area contributed by atoms with E-state index < -0.39 is 5.69 Å². The zero-order chi connectivity index (χ0) is 26.6. The number of nitrogens with zero attached hydrogens (tertiary/aromatic N) is 6. The Hall–Kier alpha value is -4.18. The van der Waals surface area contributed by atoms with Crippen LogP contribution in [0.15, 0.2) is 57.0 Å². The van der Waals surface area contributed by atoms with Crippen molar-refractivity contribution in [1.82, 2.24) is 18.7 Å². The fourth-order valence-electron chi connectivity index (χ4n) is 5.42. The predicted molar refractivity (Wildman–Crippen MR) is 148 cm³/mol. The van der Waals surface area contributed by atoms with E-state index in [4.69, 9.17) is 20.4 Å². The molecule has 0 amide bonds. The molecule has 4 aromatic rings. The summed E-state index contributed by atoms with van der Waals surface area (Å²) in [7, 11) is 1.66. The molecule has 1 fully saturated rings. The van der Waals surface area contributed by atoms with Gasteiger partial charge in [-0.1, -0.05) is 23.8 Å². The van der Waals surface area contributed by atoms with Crippen molar-refractivity contribution in [3.05, 3.63) is 74.4 Å². The van der Waals surface area contributed by atoms with Crippen LogP contribution in [0.25, 0.3) is 11.2 Å². The largest absolute Gasteiger partial charge is 0.454 e. The van der Waals surface area contributed by atoms with Gasteiger partial charge in [0.15, 0.2) is 16.9 Å². The SMILES string of the molecule is CCn1c(N2CCCC(N)C2)nc2c1c(=O)n(CC1=Nc3ccccc3Oc3ccc(C)cc31)c(=O)n2C. The van der Waals surface area contributed by atoms with E-state index in [9.17, 15) is 9.59 Å². The lowest BCUT2D eigenvalue weighted by Crippen LogP contribution is -2.44. The van der Waals surface area contributed by atoms with Crippen LogP contribution in [0.5, 0.6) is 11.5 Å². The fourth-order valence-corrected chi connectivity index (χ4v) is 5.42. The molecule has 0 saturated carbocycles. The standard InChI is InChI=1S/C28H31N7O3/c1-4-34-24-25(31-27(34)33-13-7-8-18(29)15-33)32(3)28(37)35(26(24)36)16-21-19-14-17(2)11-12-22(19)38-23-10-6-5-9-20(23)30-21/h5-6,9-12,14,18H,4,7-8,13,15-16,29H2,1-3H3. The highest BCUT2D eigenvalue weighted by Crippen LogP contribution is 2.37. The zero-order valence-electron chi connectivity index (χ0n) is 21.8. The zero-order valence-corrected chi connectivity index (χ0v) is 21.8. The van der Waals surface area contributed by atoms with Gasteiger partial charge in [-0.15, -0.1) is 0 Å². The van der Waals surface area contributed by atoms with E-state index in [1.54, 1.807) is 7.05 Å². The molecule has 6 rings (SSSR count). The Bertz CT molecular complexity index is 1710. The smallest absolute Gasteiger partial charge is 0.332 e. The lowest BCUT2D eigenvalue weighted by atomic mass is 10.1. The first-order valence-electron chi connectivity index (χ1n) is 13.0. The van der Waals surface area contributed by atoms with E-state index in [-0.39, 0.29) is 18.1 Å². The highest BCUT2D eigenvalue weighted by atomic mass is 16.5. The van der Waals surface area contributed by atoms with Crippen LogP contribution in [-0.4, -0.2) is 43.5 Å². The van der Waals surface area contributed by atoms with Crippen LogP contribution >= 0.6 is 0 Å². The maximum absolute atomic E-state index is 14.0. The van der Waals surface area contributed by atoms with Crippen molar-refractivity contribution >= 4 is 28.5 Å². The molecule has 1 atom stereocenters. The molecule has 1 unspecified atom stereocenters. The molecule has 0 spiro atoms. The monoisotopic (exact) mass is 513 g/mol. The van der Waals surface area contributed by atoms with E-state index in [2.05, 4.69) is 4.90 Å². The summed E-state index contributed by atoms with van der Waals surface area (Å²) in [4.78, 5) is 39.3. The number of nitrogens with two attached hydrogens (primary N) is 1. The number of aryl methyl sites for hydroxylation is 3. The number of piperidine rings is 1. The molecule has 10 heteroatoms. The Labute approximate surface area is 219 Å². The molecule has 4 heterocycles. The maximum atomic E-state index is 14.0. The second-order valence-corrected chi connectivity index (χ2v) is 10.0. The second kappa shape index (κ2) is 9.29. The summed E-state index contributed by atoms with van der Waals surface area (Å²) in [6.07, 6.45) is 1.92. The molecule has 2 aromatic heterocycles. The number of hydrogen-bond acceptors (Lipinski definition) is 7. The number of rotatable bonds is 4. The van der Waals surface area contributed by atoms with Gasteiger partial charge < -0.3 is 19.9 Å². The van der Waals surface area contributed by atoms with Gasteiger partial charge in [-0.2, -0.15) is 4.98 Å². The number of ether oxygens (including phenoxy) is 1. The van der Waals surface area contributed by atoms with Gasteiger partial charge in [0.2, 0.25) is 5.95 Å². The minimum atomic E-state index is -0.444. The highest BCUT2D eigenvalue weighted by Gasteiger charge is 2.27. The molecule has 10 nitrogen and oxygen atoms in total. The topological polar surface area (TPSA) is 113 Å². The van der Waals surface area contributed by atoms with Gasteiger partial charge in [0.05, 0.1) is 12.3 Å². The molecule has 2 aliphatic rings. The van der Waals surface area contributed by atoms with Crippen LogP contribution in [0.2, 0.25) is 0 Å². The summed E-state index contributed by atoms with van der Waals surface area (Å²) in [5.41, 5.74) is 9.18. The Morgan fingerprint density at radius 1 is 1.11 bits per heavy atom. The highest BCUT2D eigenvalue weighted by molar-refractivity contribution is 6.05. The van der Waals surface area contributed by atoms with Crippen molar-refractivity contribution < 1.29 is 4.74 Å². The summed E-state index contributed by atoms with van der Waals surface area (Å²) in [6.45, 7) is 5.97. The molecule has 0 bridgehead atoms. The van der Waals surface area contributed by atoms with Gasteiger partial charge >= 0.3 is 5.69 Å². The van der Waals surface area contributed by atoms with Crippen molar-refractivity contribution in [2.45, 2.75) is 45.8 Å². The first-order chi connectivity index (χ1) is 18.4. The molecule has 2 N–H and O–H groups in total. The van der Waals surface area contributed by atoms with Crippen molar-refractivity contribution in [1.29, 1.82) is 0 Å². The van der Waals surface area contributed by atoms with Crippen LogP contribution < -0.4 is 26.6 Å². The summed E-state index contributed by atoms with van der Waals surface area (Å²) in [6, 6.07) is 13.4. The van der Waals surface area contributed by atoms with Gasteiger partial charge in [-0.05, 0) is 51.0 Å². The van der Waals surface area contributed by atoms with Gasteiger partial charge in [-0.3, -0.25) is 13.9 Å². The quantitative estimate of drug-likeness (QED) is 0.449. The van der Waals surface area contributed by atoms with Gasteiger partial charge in [0.1, 0.15) is 11.4 Å². The summed E-state index contributed by atoms with van der Waals surface area (Å²) >= 11 is 0. The first kappa shape index (κ1) is 24.2. The van der Waals surface area contributed by atoms with Crippen LogP contribution in [0.1, 0.15) is 30.9 Å². The molecule has 196 valence electrons. The Balaban J connectivity index is 1.53. The number of hydrogen-bond donors (Lipinski definition) is 1. The van der Waals surface area contributed by atoms with Crippen molar-refractivity contribution in [3.8, 4) is 11.5 Å². The van der Waals surface area contributed by atoms with E-state index in [0.717, 1.165) is 30.5 Å². The molecular weight excluding hydrogens is 482 g/mol. The summed E-state index contributed by atoms with van der Waals surface area (Å²) < 4.78 is 10.8. The third-order valence-corrected chi connectivity index (χ3v) is 7.36. The van der Waals surface area contributed by atoms with Crippen LogP contribution in [0.4, 0.5) is 11.6 Å². The third-order valence-electron chi connectivity index (χ3n) is 7.36. The summed E-state index contributed by atoms with van der Waals surface area (Å²) in [5, 5.41) is 0. The van der Waals surface area contributed by atoms with Crippen LogP contribution in [0.3, 0.4) is 0 Å². The fraction of sp³-hybridized carbons (Fsp3) is 0.357. The predicted octanol–water partition coefficient (Wildman–Crippen LogP) is 3.08. The van der Waals surface area contributed by atoms with E-state index >= 15 is 0 Å². The van der Waals surface area contributed by atoms with Crippen molar-refractivity contribution in [2.24, 2.45) is 17.8 Å². The molecule has 1 saturated heterocycles. The Kier molecular flexibility index (Phi) is 5.91. The normalized spacial score (nSPS) is 17.0. The number of fused-ring (bicyclic) bond motifs is 3. The summed E-state index contributed by atoms with van der Waals surface area (Å²) in [5.74, 6) is 1.93. The molecule has 2 aromatic carbocycles. The van der Waals surface area contributed by atoms with Gasteiger partial charge in [0.25, 0.3) is 5.56 Å².